The number of methoxy groups -OCH3 is 1. The number of hydrogen-bond donors (Lipinski definition) is 2. The van der Waals surface area contributed by atoms with Crippen LogP contribution in [0.2, 0.25) is 0 Å². The van der Waals surface area contributed by atoms with Crippen LogP contribution in [-0.4, -0.2) is 24.9 Å². The van der Waals surface area contributed by atoms with Crippen LogP contribution in [0.4, 0.5) is 0 Å². The number of amides is 2. The van der Waals surface area contributed by atoms with Gasteiger partial charge in [-0.1, -0.05) is 36.4 Å². The van der Waals surface area contributed by atoms with E-state index in [0.717, 1.165) is 5.56 Å². The first kappa shape index (κ1) is 15.7. The number of aliphatic imine (C=N–C) groups is 1. The largest absolute Gasteiger partial charge is 0.496 e. The first-order valence-electron chi connectivity index (χ1n) is 7.54. The van der Waals surface area contributed by atoms with Crippen molar-refractivity contribution < 1.29 is 14.3 Å². The fourth-order valence-corrected chi connectivity index (χ4v) is 2.55. The fourth-order valence-electron chi connectivity index (χ4n) is 2.55. The smallest absolute Gasteiger partial charge is 0.257 e. The summed E-state index contributed by atoms with van der Waals surface area (Å²) >= 11 is 0. The summed E-state index contributed by atoms with van der Waals surface area (Å²) in [6.45, 7) is 0. The lowest BCUT2D eigenvalue weighted by Crippen LogP contribution is -2.47. The van der Waals surface area contributed by atoms with Gasteiger partial charge in [-0.15, -0.1) is 0 Å². The maximum Gasteiger partial charge on any atom is 0.257 e. The van der Waals surface area contributed by atoms with E-state index in [9.17, 15) is 9.59 Å². The van der Waals surface area contributed by atoms with Gasteiger partial charge < -0.3 is 4.74 Å². The third-order valence-corrected chi connectivity index (χ3v) is 3.69. The van der Waals surface area contributed by atoms with E-state index in [-0.39, 0.29) is 24.2 Å². The second-order valence-corrected chi connectivity index (χ2v) is 5.31. The average molecular weight is 323 g/mol. The number of carbonyl (C=O) groups excluding carboxylic acids is 2. The maximum absolute atomic E-state index is 12.2. The van der Waals surface area contributed by atoms with Crippen molar-refractivity contribution in [1.29, 1.82) is 0 Å². The molecule has 0 saturated heterocycles. The zero-order valence-corrected chi connectivity index (χ0v) is 13.2. The molecule has 0 fully saturated rings. The van der Waals surface area contributed by atoms with Crippen LogP contribution in [0.1, 0.15) is 28.4 Å². The van der Waals surface area contributed by atoms with Crippen molar-refractivity contribution in [2.75, 3.05) is 7.11 Å². The first-order chi connectivity index (χ1) is 11.7. The van der Waals surface area contributed by atoms with Crippen molar-refractivity contribution in [1.82, 2.24) is 10.6 Å². The molecule has 2 aromatic rings. The monoisotopic (exact) mass is 323 g/mol. The van der Waals surface area contributed by atoms with E-state index in [1.165, 1.54) is 0 Å². The van der Waals surface area contributed by atoms with E-state index in [2.05, 4.69) is 15.6 Å². The normalized spacial score (nSPS) is 16.8. The van der Waals surface area contributed by atoms with E-state index in [0.29, 0.717) is 11.3 Å². The Bertz CT molecular complexity index is 787. The highest BCUT2D eigenvalue weighted by Gasteiger charge is 2.25. The number of benzene rings is 2. The Hall–Kier alpha value is -3.15. The van der Waals surface area contributed by atoms with Crippen LogP contribution >= 0.6 is 0 Å². The van der Waals surface area contributed by atoms with Gasteiger partial charge in [0.1, 0.15) is 5.75 Å². The van der Waals surface area contributed by atoms with Gasteiger partial charge in [-0.25, -0.2) is 4.99 Å². The second kappa shape index (κ2) is 6.95. The summed E-state index contributed by atoms with van der Waals surface area (Å²) in [4.78, 5) is 28.7. The number of rotatable bonds is 3. The van der Waals surface area contributed by atoms with Gasteiger partial charge in [0.05, 0.1) is 19.6 Å². The summed E-state index contributed by atoms with van der Waals surface area (Å²) in [6.07, 6.45) is 0.199. The Balaban J connectivity index is 1.84. The van der Waals surface area contributed by atoms with Crippen LogP contribution in [0.3, 0.4) is 0 Å². The summed E-state index contributed by atoms with van der Waals surface area (Å²) in [7, 11) is 1.57. The van der Waals surface area contributed by atoms with Gasteiger partial charge in [0.15, 0.2) is 0 Å². The van der Waals surface area contributed by atoms with Crippen molar-refractivity contribution in [2.24, 2.45) is 4.99 Å². The molecule has 0 aromatic heterocycles. The Morgan fingerprint density at radius 1 is 1.17 bits per heavy atom. The molecule has 0 bridgehead atoms. The SMILES string of the molecule is COc1ccccc1C1CC(=O)NC(NC(=O)c2ccccc2)=N1. The zero-order valence-electron chi connectivity index (χ0n) is 13.2. The van der Waals surface area contributed by atoms with E-state index in [4.69, 9.17) is 4.74 Å². The Morgan fingerprint density at radius 3 is 2.62 bits per heavy atom. The van der Waals surface area contributed by atoms with Crippen LogP contribution in [-0.2, 0) is 4.79 Å². The van der Waals surface area contributed by atoms with E-state index in [1.54, 1.807) is 31.4 Å². The molecule has 0 saturated carbocycles. The summed E-state index contributed by atoms with van der Waals surface area (Å²) in [5.41, 5.74) is 1.30. The predicted molar refractivity (Wildman–Crippen MR) is 89.8 cm³/mol. The number of guanidine groups is 1. The minimum Gasteiger partial charge on any atom is -0.496 e. The van der Waals surface area contributed by atoms with Crippen LogP contribution in [0.25, 0.3) is 0 Å². The Morgan fingerprint density at radius 2 is 1.88 bits per heavy atom. The summed E-state index contributed by atoms with van der Waals surface area (Å²) in [6, 6.07) is 15.8. The van der Waals surface area contributed by atoms with Crippen molar-refractivity contribution in [3.8, 4) is 5.75 Å². The molecule has 122 valence electrons. The lowest BCUT2D eigenvalue weighted by molar-refractivity contribution is -0.120. The van der Waals surface area contributed by atoms with E-state index >= 15 is 0 Å². The van der Waals surface area contributed by atoms with Gasteiger partial charge in [0, 0.05) is 11.1 Å². The minimum atomic E-state index is -0.402. The number of hydrogen-bond acceptors (Lipinski definition) is 4. The quantitative estimate of drug-likeness (QED) is 0.907. The summed E-state index contributed by atoms with van der Waals surface area (Å²) in [5, 5.41) is 5.23. The van der Waals surface area contributed by atoms with Gasteiger partial charge in [-0.2, -0.15) is 0 Å². The molecule has 0 radical (unpaired) electrons. The molecule has 2 aromatic carbocycles. The molecule has 1 aliphatic heterocycles. The number of ether oxygens (including phenoxy) is 1. The zero-order chi connectivity index (χ0) is 16.9. The van der Waals surface area contributed by atoms with Crippen LogP contribution in [0, 0.1) is 0 Å². The molecule has 6 heteroatoms. The summed E-state index contributed by atoms with van der Waals surface area (Å²) < 4.78 is 5.33. The van der Waals surface area contributed by atoms with Crippen molar-refractivity contribution in [3.05, 3.63) is 65.7 Å². The van der Waals surface area contributed by atoms with E-state index in [1.807, 2.05) is 30.3 Å². The lowest BCUT2D eigenvalue weighted by Gasteiger charge is -2.22. The number of nitrogens with one attached hydrogen (secondary N) is 2. The van der Waals surface area contributed by atoms with Crippen molar-refractivity contribution in [2.45, 2.75) is 12.5 Å². The molecular formula is C18H17N3O3. The predicted octanol–water partition coefficient (Wildman–Crippen LogP) is 2.04. The lowest BCUT2D eigenvalue weighted by atomic mass is 10.0. The van der Waals surface area contributed by atoms with Crippen LogP contribution in [0.5, 0.6) is 5.75 Å². The first-order valence-corrected chi connectivity index (χ1v) is 7.54. The molecule has 1 aliphatic rings. The third kappa shape index (κ3) is 3.43. The number of nitrogens with zero attached hydrogens (tertiary/aromatic N) is 1. The Kier molecular flexibility index (Phi) is 4.56. The number of carbonyl (C=O) groups is 2. The van der Waals surface area contributed by atoms with Gasteiger partial charge >= 0.3 is 0 Å². The highest BCUT2D eigenvalue weighted by atomic mass is 16.5. The highest BCUT2D eigenvalue weighted by Crippen LogP contribution is 2.31. The van der Waals surface area contributed by atoms with Gasteiger partial charge in [0.2, 0.25) is 11.9 Å². The Labute approximate surface area is 139 Å². The fraction of sp³-hybridized carbons (Fsp3) is 0.167. The molecule has 1 unspecified atom stereocenters. The molecule has 6 nitrogen and oxygen atoms in total. The molecule has 0 aliphatic carbocycles. The van der Waals surface area contributed by atoms with Crippen molar-refractivity contribution >= 4 is 17.8 Å². The summed E-state index contributed by atoms with van der Waals surface area (Å²) in [5.74, 6) is 0.283. The number of para-hydroxylation sites is 1. The molecule has 24 heavy (non-hydrogen) atoms. The minimum absolute atomic E-state index is 0.149. The van der Waals surface area contributed by atoms with Gasteiger partial charge in [0.25, 0.3) is 5.91 Å². The molecule has 1 atom stereocenters. The van der Waals surface area contributed by atoms with E-state index < -0.39 is 6.04 Å². The second-order valence-electron chi connectivity index (χ2n) is 5.31. The van der Waals surface area contributed by atoms with Gasteiger partial charge in [-0.3, -0.25) is 20.2 Å². The van der Waals surface area contributed by atoms with Crippen LogP contribution in [0.15, 0.2) is 59.6 Å². The highest BCUT2D eigenvalue weighted by molar-refractivity contribution is 6.10. The third-order valence-electron chi connectivity index (χ3n) is 3.69. The van der Waals surface area contributed by atoms with Crippen LogP contribution < -0.4 is 15.4 Å². The average Bonchev–Trinajstić information content (AvgIpc) is 2.62. The molecular weight excluding hydrogens is 306 g/mol. The molecule has 2 N–H and O–H groups in total. The standard InChI is InChI=1S/C18H17N3O3/c1-24-15-10-6-5-9-13(15)14-11-16(22)20-18(19-14)21-17(23)12-7-3-2-4-8-12/h2-10,14H,11H2,1H3,(H2,19,20,21,22,23). The molecule has 0 spiro atoms. The maximum atomic E-state index is 12.2. The molecule has 2 amide bonds. The van der Waals surface area contributed by atoms with Crippen molar-refractivity contribution in [3.63, 3.8) is 0 Å². The molecule has 1 heterocycles. The topological polar surface area (TPSA) is 79.8 Å². The van der Waals surface area contributed by atoms with Gasteiger partial charge in [-0.05, 0) is 18.2 Å². The molecule has 3 rings (SSSR count).